The molecule has 0 spiro atoms. The maximum Gasteiger partial charge on any atom is 0.217 e. The number of rotatable bonds is 8. The van der Waals surface area contributed by atoms with Gasteiger partial charge in [0.15, 0.2) is 0 Å². The quantitative estimate of drug-likeness (QED) is 0.649. The van der Waals surface area contributed by atoms with Gasteiger partial charge in [0.25, 0.3) is 0 Å². The van der Waals surface area contributed by atoms with Crippen LogP contribution in [0, 0.1) is 0 Å². The molecule has 0 bridgehead atoms. The Hall–Kier alpha value is -2.82. The molecule has 2 aromatic carbocycles. The normalized spacial score (nSPS) is 12.1. The van der Waals surface area contributed by atoms with Gasteiger partial charge in [-0.3, -0.25) is 4.79 Å². The standard InChI is InChI=1S/C22H27N3O2/c1-4-16(2)18-9-11-19(12-10-18)27-14-13-25-21-8-6-5-7-20(21)24-22(25)15-23-17(3)26/h5-12,16H,4,13-15H2,1-3H3,(H,23,26). The average Bonchev–Trinajstić information content (AvgIpc) is 3.04. The lowest BCUT2D eigenvalue weighted by Crippen LogP contribution is -2.22. The monoisotopic (exact) mass is 365 g/mol. The second-order valence-electron chi connectivity index (χ2n) is 6.80. The van der Waals surface area contributed by atoms with E-state index in [9.17, 15) is 4.79 Å². The van der Waals surface area contributed by atoms with Crippen molar-refractivity contribution in [2.24, 2.45) is 0 Å². The minimum absolute atomic E-state index is 0.0637. The molecule has 0 aliphatic carbocycles. The average molecular weight is 365 g/mol. The molecule has 1 unspecified atom stereocenters. The lowest BCUT2D eigenvalue weighted by molar-refractivity contribution is -0.119. The molecular weight excluding hydrogens is 338 g/mol. The van der Waals surface area contributed by atoms with E-state index in [2.05, 4.69) is 40.8 Å². The molecule has 0 saturated heterocycles. The van der Waals surface area contributed by atoms with Crippen molar-refractivity contribution in [2.45, 2.75) is 46.2 Å². The van der Waals surface area contributed by atoms with E-state index in [0.29, 0.717) is 25.6 Å². The fourth-order valence-corrected chi connectivity index (χ4v) is 3.10. The summed E-state index contributed by atoms with van der Waals surface area (Å²) in [6, 6.07) is 16.3. The smallest absolute Gasteiger partial charge is 0.217 e. The van der Waals surface area contributed by atoms with E-state index in [-0.39, 0.29) is 5.91 Å². The van der Waals surface area contributed by atoms with Crippen LogP contribution in [0.3, 0.4) is 0 Å². The highest BCUT2D eigenvalue weighted by Gasteiger charge is 2.11. The lowest BCUT2D eigenvalue weighted by Gasteiger charge is -2.13. The maximum atomic E-state index is 11.3. The van der Waals surface area contributed by atoms with Crippen LogP contribution in [0.15, 0.2) is 48.5 Å². The van der Waals surface area contributed by atoms with Crippen LogP contribution in [0.2, 0.25) is 0 Å². The van der Waals surface area contributed by atoms with Gasteiger partial charge in [-0.25, -0.2) is 4.98 Å². The van der Waals surface area contributed by atoms with E-state index in [4.69, 9.17) is 4.74 Å². The Bertz CT molecular complexity index is 900. The molecule has 1 N–H and O–H groups in total. The van der Waals surface area contributed by atoms with E-state index in [1.807, 2.05) is 36.4 Å². The Morgan fingerprint density at radius 3 is 2.63 bits per heavy atom. The van der Waals surface area contributed by atoms with Crippen LogP contribution in [0.4, 0.5) is 0 Å². The van der Waals surface area contributed by atoms with Crippen molar-refractivity contribution in [1.29, 1.82) is 0 Å². The maximum absolute atomic E-state index is 11.3. The van der Waals surface area contributed by atoms with Crippen LogP contribution >= 0.6 is 0 Å². The van der Waals surface area contributed by atoms with Crippen LogP contribution < -0.4 is 10.1 Å². The predicted molar refractivity (Wildman–Crippen MR) is 108 cm³/mol. The number of amides is 1. The Morgan fingerprint density at radius 2 is 1.93 bits per heavy atom. The summed E-state index contributed by atoms with van der Waals surface area (Å²) in [6.45, 7) is 7.56. The van der Waals surface area contributed by atoms with Crippen molar-refractivity contribution in [2.75, 3.05) is 6.61 Å². The number of imidazole rings is 1. The van der Waals surface area contributed by atoms with Crippen molar-refractivity contribution in [1.82, 2.24) is 14.9 Å². The van der Waals surface area contributed by atoms with Gasteiger partial charge in [-0.2, -0.15) is 0 Å². The molecule has 0 radical (unpaired) electrons. The van der Waals surface area contributed by atoms with Gasteiger partial charge in [0, 0.05) is 6.92 Å². The number of carbonyl (C=O) groups excluding carboxylic acids is 1. The third-order valence-electron chi connectivity index (χ3n) is 4.87. The van der Waals surface area contributed by atoms with Gasteiger partial charge in [-0.15, -0.1) is 0 Å². The van der Waals surface area contributed by atoms with Crippen molar-refractivity contribution >= 4 is 16.9 Å². The summed E-state index contributed by atoms with van der Waals surface area (Å²) in [7, 11) is 0. The largest absolute Gasteiger partial charge is 0.492 e. The molecule has 142 valence electrons. The summed E-state index contributed by atoms with van der Waals surface area (Å²) in [5.74, 6) is 2.20. The number of ether oxygens (including phenoxy) is 1. The second kappa shape index (κ2) is 8.71. The molecule has 3 aromatic rings. The first-order valence-electron chi connectivity index (χ1n) is 9.49. The van der Waals surface area contributed by atoms with E-state index in [0.717, 1.165) is 29.0 Å². The number of aromatic nitrogens is 2. The van der Waals surface area contributed by atoms with E-state index in [1.165, 1.54) is 12.5 Å². The van der Waals surface area contributed by atoms with Crippen LogP contribution in [0.5, 0.6) is 5.75 Å². The zero-order chi connectivity index (χ0) is 19.2. The fraction of sp³-hybridized carbons (Fsp3) is 0.364. The number of carbonyl (C=O) groups is 1. The Balaban J connectivity index is 1.68. The number of benzene rings is 2. The molecule has 0 saturated carbocycles. The summed E-state index contributed by atoms with van der Waals surface area (Å²) >= 11 is 0. The Morgan fingerprint density at radius 1 is 1.19 bits per heavy atom. The third kappa shape index (κ3) is 4.67. The Kier molecular flexibility index (Phi) is 6.12. The summed E-state index contributed by atoms with van der Waals surface area (Å²) in [5.41, 5.74) is 3.31. The molecule has 1 amide bonds. The highest BCUT2D eigenvalue weighted by Crippen LogP contribution is 2.22. The van der Waals surface area contributed by atoms with Crippen molar-refractivity contribution < 1.29 is 9.53 Å². The Labute approximate surface area is 160 Å². The first-order chi connectivity index (χ1) is 13.1. The van der Waals surface area contributed by atoms with E-state index >= 15 is 0 Å². The van der Waals surface area contributed by atoms with Gasteiger partial charge in [0.05, 0.1) is 24.1 Å². The van der Waals surface area contributed by atoms with E-state index < -0.39 is 0 Å². The molecule has 0 aliphatic rings. The molecule has 5 nitrogen and oxygen atoms in total. The fourth-order valence-electron chi connectivity index (χ4n) is 3.10. The second-order valence-corrected chi connectivity index (χ2v) is 6.80. The van der Waals surface area contributed by atoms with Crippen molar-refractivity contribution in [3.8, 4) is 5.75 Å². The topological polar surface area (TPSA) is 56.1 Å². The van der Waals surface area contributed by atoms with Gasteiger partial charge in [0.2, 0.25) is 5.91 Å². The van der Waals surface area contributed by atoms with Gasteiger partial charge < -0.3 is 14.6 Å². The van der Waals surface area contributed by atoms with Crippen LogP contribution in [-0.4, -0.2) is 22.1 Å². The van der Waals surface area contributed by atoms with Crippen molar-refractivity contribution in [3.05, 3.63) is 59.9 Å². The number of hydrogen-bond acceptors (Lipinski definition) is 3. The minimum Gasteiger partial charge on any atom is -0.492 e. The molecule has 0 aliphatic heterocycles. The molecule has 27 heavy (non-hydrogen) atoms. The van der Waals surface area contributed by atoms with Crippen molar-refractivity contribution in [3.63, 3.8) is 0 Å². The molecule has 3 rings (SSSR count). The number of hydrogen-bond donors (Lipinski definition) is 1. The summed E-state index contributed by atoms with van der Waals surface area (Å²) in [5, 5.41) is 2.83. The van der Waals surface area contributed by atoms with Crippen LogP contribution in [0.1, 0.15) is 44.5 Å². The number of para-hydroxylation sites is 2. The van der Waals surface area contributed by atoms with Crippen LogP contribution in [-0.2, 0) is 17.9 Å². The molecule has 0 fully saturated rings. The zero-order valence-corrected chi connectivity index (χ0v) is 16.2. The first-order valence-corrected chi connectivity index (χ1v) is 9.49. The summed E-state index contributed by atoms with van der Waals surface area (Å²) in [6.07, 6.45) is 1.13. The van der Waals surface area contributed by atoms with Gasteiger partial charge in [-0.1, -0.05) is 38.1 Å². The minimum atomic E-state index is -0.0637. The number of fused-ring (bicyclic) bond motifs is 1. The molecule has 1 heterocycles. The summed E-state index contributed by atoms with van der Waals surface area (Å²) in [4.78, 5) is 15.9. The highest BCUT2D eigenvalue weighted by atomic mass is 16.5. The van der Waals surface area contributed by atoms with Crippen LogP contribution in [0.25, 0.3) is 11.0 Å². The highest BCUT2D eigenvalue weighted by molar-refractivity contribution is 5.76. The SMILES string of the molecule is CCC(C)c1ccc(OCCn2c(CNC(C)=O)nc3ccccc32)cc1. The number of nitrogens with one attached hydrogen (secondary N) is 1. The van der Waals surface area contributed by atoms with Gasteiger partial charge in [0.1, 0.15) is 18.2 Å². The van der Waals surface area contributed by atoms with E-state index in [1.54, 1.807) is 0 Å². The van der Waals surface area contributed by atoms with Gasteiger partial charge in [-0.05, 0) is 42.2 Å². The van der Waals surface area contributed by atoms with Gasteiger partial charge >= 0.3 is 0 Å². The predicted octanol–water partition coefficient (Wildman–Crippen LogP) is 4.26. The molecular formula is C22H27N3O2. The number of nitrogens with zero attached hydrogens (tertiary/aromatic N) is 2. The molecule has 1 atom stereocenters. The molecule has 5 heteroatoms. The first kappa shape index (κ1) is 19.0. The summed E-state index contributed by atoms with van der Waals surface area (Å²) < 4.78 is 8.05. The third-order valence-corrected chi connectivity index (χ3v) is 4.87. The molecule has 1 aromatic heterocycles. The zero-order valence-electron chi connectivity index (χ0n) is 16.2. The lowest BCUT2D eigenvalue weighted by atomic mass is 9.99.